The summed E-state index contributed by atoms with van der Waals surface area (Å²) in [5.41, 5.74) is 0.802. The van der Waals surface area contributed by atoms with Crippen molar-refractivity contribution in [2.75, 3.05) is 31.9 Å². The summed E-state index contributed by atoms with van der Waals surface area (Å²) in [6, 6.07) is 8.27. The minimum Gasteiger partial charge on any atom is -0.295 e. The van der Waals surface area contributed by atoms with E-state index in [0.29, 0.717) is 12.6 Å². The van der Waals surface area contributed by atoms with Crippen molar-refractivity contribution in [3.63, 3.8) is 0 Å². The van der Waals surface area contributed by atoms with Crippen LogP contribution in [0.2, 0.25) is 0 Å². The Morgan fingerprint density at radius 1 is 1.28 bits per heavy atom. The molecule has 1 unspecified atom stereocenters. The first-order chi connectivity index (χ1) is 8.58. The SMILES string of the molecule is CSCC(C)N(C)CC(=O)c1ccc(SC)cc1. The lowest BCUT2D eigenvalue weighted by atomic mass is 10.1. The number of likely N-dealkylation sites (N-methyl/N-ethyl adjacent to an activating group) is 1. The Bertz CT molecular complexity index is 378. The van der Waals surface area contributed by atoms with Gasteiger partial charge in [0.05, 0.1) is 6.54 Å². The molecular weight excluding hydrogens is 262 g/mol. The first-order valence-electron chi connectivity index (χ1n) is 5.95. The molecule has 1 rings (SSSR count). The summed E-state index contributed by atoms with van der Waals surface area (Å²) in [5, 5.41) is 0. The van der Waals surface area contributed by atoms with Crippen LogP contribution in [0.15, 0.2) is 29.2 Å². The summed E-state index contributed by atoms with van der Waals surface area (Å²) in [5.74, 6) is 1.24. The molecule has 100 valence electrons. The van der Waals surface area contributed by atoms with Gasteiger partial charge in [-0.3, -0.25) is 9.69 Å². The van der Waals surface area contributed by atoms with Crippen LogP contribution >= 0.6 is 23.5 Å². The molecule has 1 atom stereocenters. The number of thioether (sulfide) groups is 2. The van der Waals surface area contributed by atoms with E-state index < -0.39 is 0 Å². The molecule has 0 N–H and O–H groups in total. The maximum atomic E-state index is 12.1. The molecule has 0 spiro atoms. The number of ketones is 1. The van der Waals surface area contributed by atoms with E-state index in [-0.39, 0.29) is 5.78 Å². The molecule has 1 aromatic carbocycles. The summed E-state index contributed by atoms with van der Waals surface area (Å²) in [6.07, 6.45) is 4.13. The largest absolute Gasteiger partial charge is 0.295 e. The van der Waals surface area contributed by atoms with Gasteiger partial charge in [0.1, 0.15) is 0 Å². The molecule has 18 heavy (non-hydrogen) atoms. The molecule has 0 fully saturated rings. The van der Waals surface area contributed by atoms with Crippen molar-refractivity contribution in [3.05, 3.63) is 29.8 Å². The number of benzene rings is 1. The van der Waals surface area contributed by atoms with E-state index in [9.17, 15) is 4.79 Å². The summed E-state index contributed by atoms with van der Waals surface area (Å²) in [7, 11) is 2.01. The number of rotatable bonds is 7. The summed E-state index contributed by atoms with van der Waals surface area (Å²) in [4.78, 5) is 15.4. The lowest BCUT2D eigenvalue weighted by Crippen LogP contribution is -2.35. The fourth-order valence-electron chi connectivity index (χ4n) is 1.62. The molecule has 0 saturated heterocycles. The van der Waals surface area contributed by atoms with Gasteiger partial charge in [-0.1, -0.05) is 12.1 Å². The molecular formula is C14H21NOS2. The number of carbonyl (C=O) groups is 1. The van der Waals surface area contributed by atoms with Crippen LogP contribution in [0.3, 0.4) is 0 Å². The van der Waals surface area contributed by atoms with Gasteiger partial charge in [-0.05, 0) is 38.6 Å². The number of Topliss-reactive ketones (excluding diaryl/α,β-unsaturated/α-hetero) is 1. The Kier molecular flexibility index (Phi) is 6.82. The second-order valence-electron chi connectivity index (χ2n) is 4.37. The molecule has 0 radical (unpaired) electrons. The molecule has 1 aromatic rings. The Labute approximate surface area is 119 Å². The van der Waals surface area contributed by atoms with Crippen LogP contribution in [0.4, 0.5) is 0 Å². The first kappa shape index (κ1) is 15.6. The molecule has 0 aromatic heterocycles. The molecule has 0 amide bonds. The number of hydrogen-bond acceptors (Lipinski definition) is 4. The molecule has 0 aliphatic carbocycles. The zero-order valence-corrected chi connectivity index (χ0v) is 13.1. The van der Waals surface area contributed by atoms with Crippen molar-refractivity contribution < 1.29 is 4.79 Å². The van der Waals surface area contributed by atoms with E-state index in [0.717, 1.165) is 11.3 Å². The second-order valence-corrected chi connectivity index (χ2v) is 6.16. The highest BCUT2D eigenvalue weighted by Gasteiger charge is 2.13. The van der Waals surface area contributed by atoms with Gasteiger partial charge in [-0.25, -0.2) is 0 Å². The average Bonchev–Trinajstić information content (AvgIpc) is 2.39. The Hall–Kier alpha value is -0.450. The number of hydrogen-bond donors (Lipinski definition) is 0. The smallest absolute Gasteiger partial charge is 0.176 e. The van der Waals surface area contributed by atoms with Gasteiger partial charge < -0.3 is 0 Å². The fraction of sp³-hybridized carbons (Fsp3) is 0.500. The van der Waals surface area contributed by atoms with E-state index in [2.05, 4.69) is 18.1 Å². The van der Waals surface area contributed by atoms with Crippen molar-refractivity contribution in [2.45, 2.75) is 17.9 Å². The van der Waals surface area contributed by atoms with Crippen LogP contribution in [-0.4, -0.2) is 48.6 Å². The monoisotopic (exact) mass is 283 g/mol. The fourth-order valence-corrected chi connectivity index (χ4v) is 2.76. The van der Waals surface area contributed by atoms with Crippen molar-refractivity contribution in [1.29, 1.82) is 0 Å². The third-order valence-electron chi connectivity index (χ3n) is 2.97. The molecule has 4 heteroatoms. The predicted molar refractivity (Wildman–Crippen MR) is 83.0 cm³/mol. The van der Waals surface area contributed by atoms with Crippen molar-refractivity contribution in [1.82, 2.24) is 4.90 Å². The van der Waals surface area contributed by atoms with Crippen LogP contribution in [0.25, 0.3) is 0 Å². The maximum absolute atomic E-state index is 12.1. The van der Waals surface area contributed by atoms with Gasteiger partial charge in [-0.15, -0.1) is 11.8 Å². The van der Waals surface area contributed by atoms with Gasteiger partial charge >= 0.3 is 0 Å². The van der Waals surface area contributed by atoms with Crippen molar-refractivity contribution in [3.8, 4) is 0 Å². The van der Waals surface area contributed by atoms with Gasteiger partial charge in [0.25, 0.3) is 0 Å². The maximum Gasteiger partial charge on any atom is 0.176 e. The first-order valence-corrected chi connectivity index (χ1v) is 8.56. The predicted octanol–water partition coefficient (Wildman–Crippen LogP) is 3.27. The van der Waals surface area contributed by atoms with Gasteiger partial charge in [0.2, 0.25) is 0 Å². The second kappa shape index (κ2) is 7.87. The van der Waals surface area contributed by atoms with E-state index in [1.165, 1.54) is 4.90 Å². The highest BCUT2D eigenvalue weighted by molar-refractivity contribution is 7.98. The third kappa shape index (κ3) is 4.67. The Morgan fingerprint density at radius 2 is 1.89 bits per heavy atom. The summed E-state index contributed by atoms with van der Waals surface area (Å²) >= 11 is 3.50. The quantitative estimate of drug-likeness (QED) is 0.565. The van der Waals surface area contributed by atoms with Gasteiger partial charge in [0.15, 0.2) is 5.78 Å². The van der Waals surface area contributed by atoms with Gasteiger partial charge in [-0.2, -0.15) is 11.8 Å². The van der Waals surface area contributed by atoms with Crippen LogP contribution in [0.5, 0.6) is 0 Å². The molecule has 0 aliphatic heterocycles. The number of carbonyl (C=O) groups excluding carboxylic acids is 1. The van der Waals surface area contributed by atoms with E-state index in [1.54, 1.807) is 11.8 Å². The molecule has 0 aliphatic rings. The van der Waals surface area contributed by atoms with Crippen molar-refractivity contribution in [2.24, 2.45) is 0 Å². The highest BCUT2D eigenvalue weighted by Crippen LogP contribution is 2.15. The third-order valence-corrected chi connectivity index (χ3v) is 4.52. The topological polar surface area (TPSA) is 20.3 Å². The van der Waals surface area contributed by atoms with Crippen LogP contribution in [-0.2, 0) is 0 Å². The molecule has 0 saturated carbocycles. The number of nitrogens with zero attached hydrogens (tertiary/aromatic N) is 1. The van der Waals surface area contributed by atoms with Crippen LogP contribution < -0.4 is 0 Å². The van der Waals surface area contributed by atoms with E-state index in [1.807, 2.05) is 49.3 Å². The van der Waals surface area contributed by atoms with Crippen LogP contribution in [0, 0.1) is 0 Å². The normalized spacial score (nSPS) is 12.7. The average molecular weight is 283 g/mol. The standard InChI is InChI=1S/C14H21NOS2/c1-11(10-17-3)15(2)9-14(16)12-5-7-13(18-4)8-6-12/h5-8,11H,9-10H2,1-4H3. The summed E-state index contributed by atoms with van der Waals surface area (Å²) < 4.78 is 0. The Balaban J connectivity index is 2.58. The van der Waals surface area contributed by atoms with E-state index >= 15 is 0 Å². The zero-order chi connectivity index (χ0) is 13.5. The molecule has 0 bridgehead atoms. The van der Waals surface area contributed by atoms with E-state index in [4.69, 9.17) is 0 Å². The molecule has 0 heterocycles. The molecule has 2 nitrogen and oxygen atoms in total. The zero-order valence-electron chi connectivity index (χ0n) is 11.5. The summed E-state index contributed by atoms with van der Waals surface area (Å²) in [6.45, 7) is 2.64. The lowest BCUT2D eigenvalue weighted by Gasteiger charge is -2.23. The lowest BCUT2D eigenvalue weighted by molar-refractivity contribution is 0.0931. The van der Waals surface area contributed by atoms with Crippen molar-refractivity contribution >= 4 is 29.3 Å². The Morgan fingerprint density at radius 3 is 2.39 bits per heavy atom. The highest BCUT2D eigenvalue weighted by atomic mass is 32.2. The van der Waals surface area contributed by atoms with Crippen LogP contribution in [0.1, 0.15) is 17.3 Å². The minimum absolute atomic E-state index is 0.193. The minimum atomic E-state index is 0.193. The van der Waals surface area contributed by atoms with Gasteiger partial charge in [0, 0.05) is 22.3 Å².